The minimum atomic E-state index is -4.14. The minimum Gasteiger partial charge on any atom is -0.339 e. The minimum absolute atomic E-state index is 0.0354. The van der Waals surface area contributed by atoms with Crippen LogP contribution in [0.4, 0.5) is 11.4 Å². The van der Waals surface area contributed by atoms with Crippen LogP contribution >= 0.6 is 23.2 Å². The van der Waals surface area contributed by atoms with Crippen molar-refractivity contribution in [1.29, 1.82) is 0 Å². The summed E-state index contributed by atoms with van der Waals surface area (Å²) < 4.78 is 27.9. The Morgan fingerprint density at radius 1 is 0.857 bits per heavy atom. The maximum Gasteiger partial charge on any atom is 0.264 e. The Morgan fingerprint density at radius 3 is 2.14 bits per heavy atom. The van der Waals surface area contributed by atoms with Crippen LogP contribution < -0.4 is 9.62 Å². The first-order valence-corrected chi connectivity index (χ1v) is 13.1. The molecule has 0 spiro atoms. The first kappa shape index (κ1) is 26.5. The second-order valence-electron chi connectivity index (χ2n) is 7.52. The van der Waals surface area contributed by atoms with Gasteiger partial charge in [0.1, 0.15) is 6.54 Å². The molecule has 0 fully saturated rings. The normalized spacial score (nSPS) is 11.1. The average Bonchev–Trinajstić information content (AvgIpc) is 2.83. The van der Waals surface area contributed by atoms with Crippen molar-refractivity contribution in [2.75, 3.05) is 29.3 Å². The van der Waals surface area contributed by atoms with E-state index < -0.39 is 22.5 Å². The Bertz CT molecular complexity index is 1310. The summed E-state index contributed by atoms with van der Waals surface area (Å²) in [5.41, 5.74) is 0.832. The molecule has 7 nitrogen and oxygen atoms in total. The molecule has 0 aliphatic carbocycles. The second-order valence-corrected chi connectivity index (χ2v) is 10.3. The predicted octanol–water partition coefficient (Wildman–Crippen LogP) is 5.31. The zero-order valence-electron chi connectivity index (χ0n) is 19.2. The van der Waals surface area contributed by atoms with Gasteiger partial charge in [0.25, 0.3) is 15.9 Å². The zero-order valence-corrected chi connectivity index (χ0v) is 21.6. The van der Waals surface area contributed by atoms with E-state index in [1.165, 1.54) is 30.3 Å². The van der Waals surface area contributed by atoms with Crippen molar-refractivity contribution in [2.45, 2.75) is 18.7 Å². The van der Waals surface area contributed by atoms with Gasteiger partial charge in [-0.05, 0) is 68.4 Å². The van der Waals surface area contributed by atoms with Gasteiger partial charge in [0, 0.05) is 23.1 Å². The van der Waals surface area contributed by atoms with Crippen LogP contribution in [0.15, 0.2) is 77.7 Å². The van der Waals surface area contributed by atoms with Crippen LogP contribution in [0.25, 0.3) is 0 Å². The fourth-order valence-electron chi connectivity index (χ4n) is 3.46. The van der Waals surface area contributed by atoms with E-state index >= 15 is 0 Å². The lowest BCUT2D eigenvalue weighted by molar-refractivity contribution is -0.114. The fraction of sp³-hybridized carbons (Fsp3) is 0.200. The summed E-state index contributed by atoms with van der Waals surface area (Å²) in [6.45, 7) is 4.22. The van der Waals surface area contributed by atoms with Crippen LogP contribution in [0.1, 0.15) is 24.2 Å². The van der Waals surface area contributed by atoms with E-state index in [1.54, 1.807) is 47.4 Å². The maximum absolute atomic E-state index is 13.5. The van der Waals surface area contributed by atoms with Gasteiger partial charge < -0.3 is 10.2 Å². The van der Waals surface area contributed by atoms with E-state index in [-0.39, 0.29) is 16.5 Å². The number of carbonyl (C=O) groups is 2. The molecule has 3 aromatic rings. The first-order valence-electron chi connectivity index (χ1n) is 10.9. The number of halogens is 2. The van der Waals surface area contributed by atoms with Crippen molar-refractivity contribution >= 4 is 56.4 Å². The van der Waals surface area contributed by atoms with Crippen LogP contribution in [-0.4, -0.2) is 44.8 Å². The molecule has 10 heteroatoms. The standard InChI is InChI=1S/C25H25Cl2N3O4S/c1-3-29(4-2)25(32)22-10-5-6-11-23(22)28-24(31)17-30(20-9-7-8-19(27)16-20)35(33,34)21-14-12-18(26)13-15-21/h5-16H,3-4,17H2,1-2H3,(H,28,31). The highest BCUT2D eigenvalue weighted by Crippen LogP contribution is 2.27. The smallest absolute Gasteiger partial charge is 0.264 e. The molecule has 2 amide bonds. The number of hydrogen-bond acceptors (Lipinski definition) is 4. The van der Waals surface area contributed by atoms with Gasteiger partial charge in [-0.15, -0.1) is 0 Å². The molecule has 3 rings (SSSR count). The van der Waals surface area contributed by atoms with Crippen molar-refractivity contribution in [2.24, 2.45) is 0 Å². The van der Waals surface area contributed by atoms with Crippen molar-refractivity contribution in [3.05, 3.63) is 88.4 Å². The van der Waals surface area contributed by atoms with Crippen molar-refractivity contribution in [1.82, 2.24) is 4.90 Å². The number of nitrogens with one attached hydrogen (secondary N) is 1. The topological polar surface area (TPSA) is 86.8 Å². The lowest BCUT2D eigenvalue weighted by Crippen LogP contribution is -2.38. The molecule has 184 valence electrons. The van der Waals surface area contributed by atoms with E-state index in [1.807, 2.05) is 13.8 Å². The molecular formula is C25H25Cl2N3O4S. The Morgan fingerprint density at radius 2 is 1.51 bits per heavy atom. The van der Waals surface area contributed by atoms with Gasteiger partial charge in [0.05, 0.1) is 21.8 Å². The van der Waals surface area contributed by atoms with E-state index in [0.29, 0.717) is 34.4 Å². The van der Waals surface area contributed by atoms with Crippen molar-refractivity contribution in [3.63, 3.8) is 0 Å². The third kappa shape index (κ3) is 6.33. The molecule has 0 heterocycles. The van der Waals surface area contributed by atoms with Crippen LogP contribution in [-0.2, 0) is 14.8 Å². The molecule has 1 N–H and O–H groups in total. The summed E-state index contributed by atoms with van der Waals surface area (Å²) in [4.78, 5) is 27.6. The number of nitrogens with zero attached hydrogens (tertiary/aromatic N) is 2. The summed E-state index contributed by atoms with van der Waals surface area (Å²) in [6.07, 6.45) is 0. The molecule has 0 saturated heterocycles. The number of carbonyl (C=O) groups excluding carboxylic acids is 2. The molecule has 0 bridgehead atoms. The number of benzene rings is 3. The van der Waals surface area contributed by atoms with Gasteiger partial charge in [-0.2, -0.15) is 0 Å². The molecule has 0 unspecified atom stereocenters. The summed E-state index contributed by atoms with van der Waals surface area (Å²) >= 11 is 12.0. The number of para-hydroxylation sites is 1. The molecule has 0 aliphatic heterocycles. The lowest BCUT2D eigenvalue weighted by Gasteiger charge is -2.25. The van der Waals surface area contributed by atoms with E-state index in [2.05, 4.69) is 5.32 Å². The van der Waals surface area contributed by atoms with Gasteiger partial charge in [-0.25, -0.2) is 8.42 Å². The van der Waals surface area contributed by atoms with Crippen molar-refractivity contribution in [3.8, 4) is 0 Å². The van der Waals surface area contributed by atoms with Gasteiger partial charge in [0.2, 0.25) is 5.91 Å². The fourth-order valence-corrected chi connectivity index (χ4v) is 5.18. The predicted molar refractivity (Wildman–Crippen MR) is 140 cm³/mol. The maximum atomic E-state index is 13.5. The molecule has 35 heavy (non-hydrogen) atoms. The number of hydrogen-bond donors (Lipinski definition) is 1. The summed E-state index contributed by atoms with van der Waals surface area (Å²) in [5.74, 6) is -0.853. The monoisotopic (exact) mass is 533 g/mol. The number of amides is 2. The number of sulfonamides is 1. The summed E-state index contributed by atoms with van der Waals surface area (Å²) in [7, 11) is -4.14. The van der Waals surface area contributed by atoms with Crippen LogP contribution in [0.3, 0.4) is 0 Å². The van der Waals surface area contributed by atoms with E-state index in [0.717, 1.165) is 4.31 Å². The molecule has 0 atom stereocenters. The van der Waals surface area contributed by atoms with E-state index in [9.17, 15) is 18.0 Å². The third-order valence-corrected chi connectivity index (χ3v) is 7.54. The van der Waals surface area contributed by atoms with E-state index in [4.69, 9.17) is 23.2 Å². The van der Waals surface area contributed by atoms with Gasteiger partial charge >= 0.3 is 0 Å². The van der Waals surface area contributed by atoms with Gasteiger partial charge in [-0.3, -0.25) is 13.9 Å². The van der Waals surface area contributed by atoms with Crippen molar-refractivity contribution < 1.29 is 18.0 Å². The summed E-state index contributed by atoms with van der Waals surface area (Å²) in [6, 6.07) is 18.5. The van der Waals surface area contributed by atoms with Gasteiger partial charge in [-0.1, -0.05) is 41.4 Å². The zero-order chi connectivity index (χ0) is 25.6. The first-order chi connectivity index (χ1) is 16.7. The third-order valence-electron chi connectivity index (χ3n) is 5.27. The number of rotatable bonds is 9. The average molecular weight is 534 g/mol. The Labute approximate surface area is 215 Å². The Hall–Kier alpha value is -3.07. The molecule has 0 aromatic heterocycles. The quantitative estimate of drug-likeness (QED) is 0.403. The highest BCUT2D eigenvalue weighted by atomic mass is 35.5. The summed E-state index contributed by atoms with van der Waals surface area (Å²) in [5, 5.41) is 3.39. The highest BCUT2D eigenvalue weighted by Gasteiger charge is 2.28. The molecule has 0 aliphatic rings. The largest absolute Gasteiger partial charge is 0.339 e. The van der Waals surface area contributed by atoms with Crippen LogP contribution in [0, 0.1) is 0 Å². The lowest BCUT2D eigenvalue weighted by atomic mass is 10.1. The SMILES string of the molecule is CCN(CC)C(=O)c1ccccc1NC(=O)CN(c1cccc(Cl)c1)S(=O)(=O)c1ccc(Cl)cc1. The molecule has 0 radical (unpaired) electrons. The van der Waals surface area contributed by atoms with Crippen LogP contribution in [0.5, 0.6) is 0 Å². The Kier molecular flexibility index (Phi) is 8.77. The second kappa shape index (κ2) is 11.6. The molecule has 3 aromatic carbocycles. The van der Waals surface area contributed by atoms with Crippen LogP contribution in [0.2, 0.25) is 10.0 Å². The highest BCUT2D eigenvalue weighted by molar-refractivity contribution is 7.92. The number of anilines is 2. The molecular weight excluding hydrogens is 509 g/mol. The Balaban J connectivity index is 1.94. The molecule has 0 saturated carbocycles. The van der Waals surface area contributed by atoms with Gasteiger partial charge in [0.15, 0.2) is 0 Å².